The van der Waals surface area contributed by atoms with Gasteiger partial charge in [-0.05, 0) is 35.4 Å². The molecular formula is C22H19NO6S. The standard InChI is InChI=1S/C22H19NO6S/c1-28-13-6-3-11(4-7-13)18-19-20(30-21(18)22(26)27)14(10-17(25)23-19)12-5-8-15(24)16(9-12)29-2/h3-9,14,24H,10H2,1-2H3,(H,23,25)(H,26,27)/t14-/m1/s1. The van der Waals surface area contributed by atoms with E-state index in [1.165, 1.54) is 13.2 Å². The number of aromatic carboxylic acids is 1. The van der Waals surface area contributed by atoms with E-state index in [2.05, 4.69) is 5.32 Å². The number of methoxy groups -OCH3 is 2. The summed E-state index contributed by atoms with van der Waals surface area (Å²) in [5.74, 6) is -0.666. The highest BCUT2D eigenvalue weighted by Crippen LogP contribution is 2.50. The lowest BCUT2D eigenvalue weighted by Gasteiger charge is -2.24. The van der Waals surface area contributed by atoms with Crippen molar-refractivity contribution in [2.24, 2.45) is 0 Å². The van der Waals surface area contributed by atoms with Gasteiger partial charge in [0.05, 0.1) is 19.9 Å². The number of nitrogens with one attached hydrogen (secondary N) is 1. The van der Waals surface area contributed by atoms with Crippen LogP contribution in [0.5, 0.6) is 17.2 Å². The molecule has 0 saturated carbocycles. The lowest BCUT2D eigenvalue weighted by Crippen LogP contribution is -2.22. The van der Waals surface area contributed by atoms with Crippen molar-refractivity contribution in [3.05, 3.63) is 57.8 Å². The van der Waals surface area contributed by atoms with Crippen molar-refractivity contribution in [1.29, 1.82) is 0 Å². The molecule has 1 aliphatic rings. The smallest absolute Gasteiger partial charge is 0.346 e. The van der Waals surface area contributed by atoms with Crippen molar-refractivity contribution >= 4 is 28.9 Å². The zero-order chi connectivity index (χ0) is 21.4. The average molecular weight is 425 g/mol. The first-order valence-electron chi connectivity index (χ1n) is 9.14. The van der Waals surface area contributed by atoms with Crippen LogP contribution in [0.3, 0.4) is 0 Å². The van der Waals surface area contributed by atoms with E-state index in [4.69, 9.17) is 9.47 Å². The topological polar surface area (TPSA) is 105 Å². The zero-order valence-electron chi connectivity index (χ0n) is 16.3. The molecule has 0 unspecified atom stereocenters. The number of benzene rings is 2. The first kappa shape index (κ1) is 19.8. The Balaban J connectivity index is 1.89. The number of aromatic hydroxyl groups is 1. The van der Waals surface area contributed by atoms with Gasteiger partial charge in [-0.1, -0.05) is 18.2 Å². The van der Waals surface area contributed by atoms with Crippen LogP contribution in [-0.4, -0.2) is 36.3 Å². The fourth-order valence-electron chi connectivity index (χ4n) is 3.65. The fourth-order valence-corrected chi connectivity index (χ4v) is 4.90. The molecule has 1 aliphatic heterocycles. The molecule has 0 radical (unpaired) electrons. The van der Waals surface area contributed by atoms with Crippen LogP contribution < -0.4 is 14.8 Å². The predicted molar refractivity (Wildman–Crippen MR) is 113 cm³/mol. The number of hydrogen-bond acceptors (Lipinski definition) is 6. The molecule has 2 heterocycles. The number of rotatable bonds is 5. The summed E-state index contributed by atoms with van der Waals surface area (Å²) >= 11 is 1.15. The molecule has 0 spiro atoms. The Hall–Kier alpha value is -3.52. The van der Waals surface area contributed by atoms with Gasteiger partial charge in [-0.3, -0.25) is 4.79 Å². The van der Waals surface area contributed by atoms with Gasteiger partial charge in [0.15, 0.2) is 11.5 Å². The van der Waals surface area contributed by atoms with Crippen LogP contribution >= 0.6 is 11.3 Å². The number of carbonyl (C=O) groups excluding carboxylic acids is 1. The highest BCUT2D eigenvalue weighted by molar-refractivity contribution is 7.15. The molecule has 0 saturated heterocycles. The minimum atomic E-state index is -1.06. The van der Waals surface area contributed by atoms with Crippen LogP contribution in [0.2, 0.25) is 0 Å². The molecule has 2 aromatic carbocycles. The van der Waals surface area contributed by atoms with Crippen LogP contribution in [0.4, 0.5) is 5.69 Å². The number of fused-ring (bicyclic) bond motifs is 1. The SMILES string of the molecule is COc1ccc(-c2c(C(=O)O)sc3c2NC(=O)C[C@@H]3c2ccc(O)c(OC)c2)cc1. The second-order valence-electron chi connectivity index (χ2n) is 6.82. The third-order valence-electron chi connectivity index (χ3n) is 5.08. The summed E-state index contributed by atoms with van der Waals surface area (Å²) in [6.07, 6.45) is 0.169. The van der Waals surface area contributed by atoms with E-state index < -0.39 is 5.97 Å². The van der Waals surface area contributed by atoms with Crippen molar-refractivity contribution in [2.75, 3.05) is 19.5 Å². The van der Waals surface area contributed by atoms with Gasteiger partial charge in [0, 0.05) is 22.8 Å². The van der Waals surface area contributed by atoms with E-state index in [1.807, 2.05) is 0 Å². The first-order chi connectivity index (χ1) is 14.4. The van der Waals surface area contributed by atoms with Crippen molar-refractivity contribution < 1.29 is 29.3 Å². The number of carbonyl (C=O) groups is 2. The van der Waals surface area contributed by atoms with Crippen molar-refractivity contribution in [3.63, 3.8) is 0 Å². The molecule has 154 valence electrons. The van der Waals surface area contributed by atoms with Gasteiger partial charge in [-0.25, -0.2) is 4.79 Å². The molecule has 3 N–H and O–H groups in total. The van der Waals surface area contributed by atoms with Crippen molar-refractivity contribution in [2.45, 2.75) is 12.3 Å². The first-order valence-corrected chi connectivity index (χ1v) is 9.95. The number of thiophene rings is 1. The maximum absolute atomic E-state index is 12.5. The van der Waals surface area contributed by atoms with Gasteiger partial charge in [-0.15, -0.1) is 11.3 Å². The Morgan fingerprint density at radius 1 is 1.13 bits per heavy atom. The Morgan fingerprint density at radius 2 is 1.87 bits per heavy atom. The molecule has 30 heavy (non-hydrogen) atoms. The molecule has 1 atom stereocenters. The van der Waals surface area contributed by atoms with E-state index in [1.54, 1.807) is 43.5 Å². The lowest BCUT2D eigenvalue weighted by molar-refractivity contribution is -0.116. The molecule has 1 aromatic heterocycles. The Kier molecular flexibility index (Phi) is 5.09. The Labute approximate surface area is 176 Å². The molecule has 0 bridgehead atoms. The summed E-state index contributed by atoms with van der Waals surface area (Å²) in [4.78, 5) is 25.5. The van der Waals surface area contributed by atoms with Gasteiger partial charge in [0.2, 0.25) is 5.91 Å². The Morgan fingerprint density at radius 3 is 2.50 bits per heavy atom. The maximum atomic E-state index is 12.5. The number of phenols is 1. The van der Waals surface area contributed by atoms with Crippen LogP contribution in [-0.2, 0) is 4.79 Å². The van der Waals surface area contributed by atoms with E-state index in [-0.39, 0.29) is 28.9 Å². The van der Waals surface area contributed by atoms with E-state index in [9.17, 15) is 19.8 Å². The number of carboxylic acids is 1. The van der Waals surface area contributed by atoms with Gasteiger partial charge in [-0.2, -0.15) is 0 Å². The summed E-state index contributed by atoms with van der Waals surface area (Å²) < 4.78 is 10.4. The number of carboxylic acid groups (broad SMARTS) is 1. The van der Waals surface area contributed by atoms with Gasteiger partial charge >= 0.3 is 5.97 Å². The third kappa shape index (κ3) is 3.35. The van der Waals surface area contributed by atoms with Crippen molar-refractivity contribution in [3.8, 4) is 28.4 Å². The van der Waals surface area contributed by atoms with Crippen LogP contribution in [0.25, 0.3) is 11.1 Å². The van der Waals surface area contributed by atoms with Gasteiger partial charge < -0.3 is 25.0 Å². The third-order valence-corrected chi connectivity index (χ3v) is 6.38. The largest absolute Gasteiger partial charge is 0.504 e. The number of hydrogen-bond donors (Lipinski definition) is 3. The molecule has 1 amide bonds. The number of ether oxygens (including phenoxy) is 2. The average Bonchev–Trinajstić information content (AvgIpc) is 3.13. The van der Waals surface area contributed by atoms with E-state index in [0.29, 0.717) is 28.3 Å². The monoisotopic (exact) mass is 425 g/mol. The zero-order valence-corrected chi connectivity index (χ0v) is 17.1. The Bertz CT molecular complexity index is 1140. The van der Waals surface area contributed by atoms with E-state index in [0.717, 1.165) is 21.8 Å². The summed E-state index contributed by atoms with van der Waals surface area (Å²) in [5, 5.41) is 22.6. The molecule has 8 heteroatoms. The highest BCUT2D eigenvalue weighted by atomic mass is 32.1. The highest BCUT2D eigenvalue weighted by Gasteiger charge is 2.34. The molecule has 0 fully saturated rings. The lowest BCUT2D eigenvalue weighted by atomic mass is 9.88. The predicted octanol–water partition coefficient (Wildman–Crippen LogP) is 4.31. The molecular weight excluding hydrogens is 406 g/mol. The summed E-state index contributed by atoms with van der Waals surface area (Å²) in [6.45, 7) is 0. The van der Waals surface area contributed by atoms with Crippen LogP contribution in [0.15, 0.2) is 42.5 Å². The van der Waals surface area contributed by atoms with Gasteiger partial charge in [0.25, 0.3) is 0 Å². The number of amides is 1. The molecule has 4 rings (SSSR count). The fraction of sp³-hybridized carbons (Fsp3) is 0.182. The normalized spacial score (nSPS) is 15.3. The van der Waals surface area contributed by atoms with Crippen molar-refractivity contribution in [1.82, 2.24) is 0 Å². The molecule has 3 aromatic rings. The van der Waals surface area contributed by atoms with Crippen LogP contribution in [0, 0.1) is 0 Å². The molecule has 7 nitrogen and oxygen atoms in total. The van der Waals surface area contributed by atoms with E-state index >= 15 is 0 Å². The molecule has 0 aliphatic carbocycles. The second-order valence-corrected chi connectivity index (χ2v) is 7.87. The number of anilines is 1. The quantitative estimate of drug-likeness (QED) is 0.563. The maximum Gasteiger partial charge on any atom is 0.346 e. The minimum Gasteiger partial charge on any atom is -0.504 e. The minimum absolute atomic E-state index is 0.00180. The summed E-state index contributed by atoms with van der Waals surface area (Å²) in [7, 11) is 3.01. The summed E-state index contributed by atoms with van der Waals surface area (Å²) in [5.41, 5.74) is 2.43. The second kappa shape index (κ2) is 7.72. The van der Waals surface area contributed by atoms with Gasteiger partial charge in [0.1, 0.15) is 10.6 Å². The van der Waals surface area contributed by atoms with Crippen LogP contribution in [0.1, 0.15) is 32.5 Å². The summed E-state index contributed by atoms with van der Waals surface area (Å²) in [6, 6.07) is 11.9. The number of phenolic OH excluding ortho intramolecular Hbond substituents is 1.